The van der Waals surface area contributed by atoms with Gasteiger partial charge in [-0.25, -0.2) is 4.79 Å². The van der Waals surface area contributed by atoms with Crippen molar-refractivity contribution in [2.75, 3.05) is 5.73 Å². The first-order chi connectivity index (χ1) is 6.59. The maximum Gasteiger partial charge on any atom is 0.336 e. The second kappa shape index (κ2) is 3.40. The van der Waals surface area contributed by atoms with Crippen LogP contribution in [-0.2, 0) is 0 Å². The number of nitrogen functional groups attached to an aromatic ring is 1. The molecule has 0 aliphatic carbocycles. The molecule has 2 aromatic rings. The normalized spacial score (nSPS) is 10.7. The van der Waals surface area contributed by atoms with Crippen molar-refractivity contribution < 1.29 is 4.42 Å². The molecule has 3 nitrogen and oxygen atoms in total. The molecule has 1 aromatic carbocycles. The Hall–Kier alpha value is -0.810. The summed E-state index contributed by atoms with van der Waals surface area (Å²) < 4.78 is 6.43. The topological polar surface area (TPSA) is 56.2 Å². The molecule has 2 N–H and O–H groups in total. The molecule has 5 heteroatoms. The second-order valence-electron chi connectivity index (χ2n) is 2.75. The number of anilines is 1. The van der Waals surface area contributed by atoms with E-state index in [1.54, 1.807) is 12.1 Å². The Morgan fingerprint density at radius 3 is 2.71 bits per heavy atom. The molecule has 72 valence electrons. The summed E-state index contributed by atoms with van der Waals surface area (Å²) in [6.45, 7) is 0. The number of hydrogen-bond acceptors (Lipinski definition) is 3. The van der Waals surface area contributed by atoms with E-state index >= 15 is 0 Å². The first kappa shape index (κ1) is 9.73. The van der Waals surface area contributed by atoms with Crippen molar-refractivity contribution in [2.24, 2.45) is 0 Å². The van der Waals surface area contributed by atoms with Crippen LogP contribution in [0.4, 0.5) is 5.69 Å². The maximum atomic E-state index is 11.0. The molecule has 0 saturated heterocycles. The van der Waals surface area contributed by atoms with Gasteiger partial charge in [0.05, 0.1) is 10.2 Å². The molecule has 0 fully saturated rings. The fraction of sp³-hybridized carbons (Fsp3) is 0. The van der Waals surface area contributed by atoms with Crippen LogP contribution in [0.5, 0.6) is 0 Å². The molecule has 0 bridgehead atoms. The SMILES string of the molecule is Nc1c(Br)cc2oc(=O)ccc2c1Br. The van der Waals surface area contributed by atoms with Crippen LogP contribution < -0.4 is 11.4 Å². The smallest absolute Gasteiger partial charge is 0.336 e. The fourth-order valence-electron chi connectivity index (χ4n) is 1.16. The molecule has 0 unspecified atom stereocenters. The van der Waals surface area contributed by atoms with Crippen LogP contribution in [0.25, 0.3) is 11.0 Å². The molecule has 0 aliphatic rings. The summed E-state index contributed by atoms with van der Waals surface area (Å²) in [6, 6.07) is 4.71. The van der Waals surface area contributed by atoms with Crippen molar-refractivity contribution in [3.63, 3.8) is 0 Å². The van der Waals surface area contributed by atoms with Gasteiger partial charge in [-0.15, -0.1) is 0 Å². The highest BCUT2D eigenvalue weighted by atomic mass is 79.9. The van der Waals surface area contributed by atoms with E-state index in [2.05, 4.69) is 31.9 Å². The zero-order chi connectivity index (χ0) is 10.3. The summed E-state index contributed by atoms with van der Waals surface area (Å²) in [7, 11) is 0. The molecule has 0 atom stereocenters. The first-order valence-electron chi connectivity index (χ1n) is 3.77. The Morgan fingerprint density at radius 2 is 2.00 bits per heavy atom. The average molecular weight is 319 g/mol. The van der Waals surface area contributed by atoms with Crippen molar-refractivity contribution in [3.8, 4) is 0 Å². The summed E-state index contributed by atoms with van der Waals surface area (Å²) >= 11 is 6.61. The minimum atomic E-state index is -0.374. The quantitative estimate of drug-likeness (QED) is 0.600. The zero-order valence-electron chi connectivity index (χ0n) is 6.88. The molecule has 1 heterocycles. The van der Waals surface area contributed by atoms with Gasteiger partial charge < -0.3 is 10.2 Å². The van der Waals surface area contributed by atoms with Gasteiger partial charge in [-0.3, -0.25) is 0 Å². The molecule has 0 amide bonds. The Bertz CT molecular complexity index is 562. The number of halogens is 2. The summed E-state index contributed by atoms with van der Waals surface area (Å²) in [5.74, 6) is 0. The molecular weight excluding hydrogens is 314 g/mol. The Labute approximate surface area is 96.2 Å². The van der Waals surface area contributed by atoms with Crippen LogP contribution in [0.2, 0.25) is 0 Å². The zero-order valence-corrected chi connectivity index (χ0v) is 10.1. The van der Waals surface area contributed by atoms with E-state index in [0.29, 0.717) is 15.7 Å². The standard InChI is InChI=1S/C9H5Br2NO2/c10-5-3-6-4(8(11)9(5)12)1-2-7(13)14-6/h1-3H,12H2. The monoisotopic (exact) mass is 317 g/mol. The minimum absolute atomic E-state index is 0.374. The van der Waals surface area contributed by atoms with Gasteiger partial charge in [0.15, 0.2) is 0 Å². The van der Waals surface area contributed by atoms with E-state index in [9.17, 15) is 4.79 Å². The van der Waals surface area contributed by atoms with Crippen molar-refractivity contribution >= 4 is 48.5 Å². The first-order valence-corrected chi connectivity index (χ1v) is 5.35. The van der Waals surface area contributed by atoms with Crippen molar-refractivity contribution in [2.45, 2.75) is 0 Å². The van der Waals surface area contributed by atoms with Crippen LogP contribution in [0.15, 0.2) is 36.4 Å². The van der Waals surface area contributed by atoms with E-state index in [1.807, 2.05) is 0 Å². The van der Waals surface area contributed by atoms with Crippen LogP contribution in [0.1, 0.15) is 0 Å². The Balaban J connectivity index is 2.98. The highest BCUT2D eigenvalue weighted by molar-refractivity contribution is 9.11. The van der Waals surface area contributed by atoms with E-state index in [4.69, 9.17) is 10.2 Å². The molecule has 14 heavy (non-hydrogen) atoms. The highest BCUT2D eigenvalue weighted by Crippen LogP contribution is 2.34. The fourth-order valence-corrected chi connectivity index (χ4v) is 2.38. The van der Waals surface area contributed by atoms with Gasteiger partial charge in [-0.2, -0.15) is 0 Å². The molecule has 0 saturated carbocycles. The largest absolute Gasteiger partial charge is 0.423 e. The van der Waals surface area contributed by atoms with Crippen molar-refractivity contribution in [3.05, 3.63) is 37.6 Å². The third-order valence-corrected chi connectivity index (χ3v) is 3.36. The Morgan fingerprint density at radius 1 is 1.29 bits per heavy atom. The highest BCUT2D eigenvalue weighted by Gasteiger charge is 2.08. The third-order valence-electron chi connectivity index (χ3n) is 1.85. The lowest BCUT2D eigenvalue weighted by molar-refractivity contribution is 0.560. The molecule has 0 spiro atoms. The summed E-state index contributed by atoms with van der Waals surface area (Å²) in [5, 5.41) is 0.783. The molecule has 2 rings (SSSR count). The maximum absolute atomic E-state index is 11.0. The van der Waals surface area contributed by atoms with Gasteiger partial charge in [-0.05, 0) is 44.0 Å². The molecule has 0 aliphatic heterocycles. The summed E-state index contributed by atoms with van der Waals surface area (Å²) in [6.07, 6.45) is 0. The lowest BCUT2D eigenvalue weighted by Gasteiger charge is -2.04. The Kier molecular flexibility index (Phi) is 2.36. The van der Waals surface area contributed by atoms with E-state index < -0.39 is 0 Å². The third kappa shape index (κ3) is 1.46. The number of rotatable bonds is 0. The van der Waals surface area contributed by atoms with Crippen LogP contribution in [0.3, 0.4) is 0 Å². The number of nitrogens with two attached hydrogens (primary N) is 1. The second-order valence-corrected chi connectivity index (χ2v) is 4.40. The van der Waals surface area contributed by atoms with Gasteiger partial charge in [0.1, 0.15) is 5.58 Å². The van der Waals surface area contributed by atoms with Crippen molar-refractivity contribution in [1.82, 2.24) is 0 Å². The van der Waals surface area contributed by atoms with Gasteiger partial charge in [0.25, 0.3) is 0 Å². The predicted molar refractivity (Wildman–Crippen MR) is 62.3 cm³/mol. The number of benzene rings is 1. The van der Waals surface area contributed by atoms with Crippen LogP contribution in [0, 0.1) is 0 Å². The lowest BCUT2D eigenvalue weighted by atomic mass is 10.2. The minimum Gasteiger partial charge on any atom is -0.423 e. The van der Waals surface area contributed by atoms with E-state index in [-0.39, 0.29) is 5.63 Å². The van der Waals surface area contributed by atoms with Crippen LogP contribution >= 0.6 is 31.9 Å². The lowest BCUT2D eigenvalue weighted by Crippen LogP contribution is -1.96. The van der Waals surface area contributed by atoms with Crippen LogP contribution in [-0.4, -0.2) is 0 Å². The van der Waals surface area contributed by atoms with Gasteiger partial charge in [-0.1, -0.05) is 0 Å². The van der Waals surface area contributed by atoms with Crippen molar-refractivity contribution in [1.29, 1.82) is 0 Å². The van der Waals surface area contributed by atoms with Gasteiger partial charge in [0.2, 0.25) is 0 Å². The average Bonchev–Trinajstić information content (AvgIpc) is 2.14. The van der Waals surface area contributed by atoms with E-state index in [0.717, 1.165) is 9.86 Å². The van der Waals surface area contributed by atoms with Gasteiger partial charge in [0, 0.05) is 15.9 Å². The number of fused-ring (bicyclic) bond motifs is 1. The molecule has 0 radical (unpaired) electrons. The molecule has 1 aromatic heterocycles. The summed E-state index contributed by atoms with van der Waals surface area (Å²) in [5.41, 5.74) is 6.49. The number of hydrogen-bond donors (Lipinski definition) is 1. The van der Waals surface area contributed by atoms with Gasteiger partial charge >= 0.3 is 5.63 Å². The predicted octanol–water partition coefficient (Wildman–Crippen LogP) is 2.90. The van der Waals surface area contributed by atoms with E-state index in [1.165, 1.54) is 6.07 Å². The summed E-state index contributed by atoms with van der Waals surface area (Å²) in [4.78, 5) is 11.0. The molecular formula is C9H5Br2NO2.